The number of hydrogen-bond acceptors (Lipinski definition) is 11. The van der Waals surface area contributed by atoms with E-state index in [1.165, 1.54) is 59.3 Å². The third-order valence-electron chi connectivity index (χ3n) is 5.10. The molecule has 4 N–H and O–H groups in total. The van der Waals surface area contributed by atoms with Gasteiger partial charge in [-0.2, -0.15) is 35.5 Å². The topological polar surface area (TPSA) is 221 Å². The maximum Gasteiger partial charge on any atom is 0.339 e. The van der Waals surface area contributed by atoms with Crippen molar-refractivity contribution < 1.29 is 38.5 Å². The highest BCUT2D eigenvalue weighted by molar-refractivity contribution is 7.87. The average Bonchev–Trinajstić information content (AvgIpc) is 3.15. The van der Waals surface area contributed by atoms with Gasteiger partial charge in [0.25, 0.3) is 20.2 Å². The number of nitrogens with two attached hydrogens (primary N) is 1. The maximum absolute atomic E-state index is 12.8. The standard InChI is InChI=1S/C22H19N5O9S3/c1-14-21(22(23)27(26-14)16-6-3-8-18(12-16)37(28,29)30)25-24-15-5-2-10-20(11-15)39(34,35)36-17-7-4-9-19(13-17)38(31,32)33/h2-13H,23H2,1H3,(H,28,29,30)(H,31,32,33). The Morgan fingerprint density at radius 1 is 0.795 bits per heavy atom. The van der Waals surface area contributed by atoms with Crippen molar-refractivity contribution in [1.82, 2.24) is 9.78 Å². The molecule has 39 heavy (non-hydrogen) atoms. The van der Waals surface area contributed by atoms with Crippen LogP contribution in [0.15, 0.2) is 97.7 Å². The number of benzene rings is 3. The number of azo groups is 1. The third kappa shape index (κ3) is 6.29. The molecular formula is C22H19N5O9S3. The van der Waals surface area contributed by atoms with E-state index in [1.807, 2.05) is 0 Å². The van der Waals surface area contributed by atoms with Crippen LogP contribution in [0.25, 0.3) is 5.69 Å². The largest absolute Gasteiger partial charge is 0.382 e. The van der Waals surface area contributed by atoms with Gasteiger partial charge >= 0.3 is 10.1 Å². The third-order valence-corrected chi connectivity index (χ3v) is 8.05. The first-order chi connectivity index (χ1) is 18.1. The predicted octanol–water partition coefficient (Wildman–Crippen LogP) is 3.44. The van der Waals surface area contributed by atoms with Crippen LogP contribution in [-0.4, -0.2) is 44.1 Å². The predicted molar refractivity (Wildman–Crippen MR) is 137 cm³/mol. The lowest BCUT2D eigenvalue weighted by atomic mass is 10.3. The molecule has 0 spiro atoms. The molecule has 0 aliphatic rings. The number of nitrogens with zero attached hydrogens (tertiary/aromatic N) is 4. The van der Waals surface area contributed by atoms with Crippen LogP contribution in [0.1, 0.15) is 5.69 Å². The summed E-state index contributed by atoms with van der Waals surface area (Å²) >= 11 is 0. The van der Waals surface area contributed by atoms with Gasteiger partial charge in [-0.1, -0.05) is 18.2 Å². The molecule has 0 unspecified atom stereocenters. The summed E-state index contributed by atoms with van der Waals surface area (Å²) in [6.07, 6.45) is 0. The summed E-state index contributed by atoms with van der Waals surface area (Å²) in [6.45, 7) is 1.57. The van der Waals surface area contributed by atoms with Gasteiger partial charge in [-0.05, 0) is 55.5 Å². The molecule has 0 amide bonds. The molecule has 1 heterocycles. The van der Waals surface area contributed by atoms with E-state index in [9.17, 15) is 29.8 Å². The summed E-state index contributed by atoms with van der Waals surface area (Å²) < 4.78 is 95.7. The van der Waals surface area contributed by atoms with E-state index >= 15 is 0 Å². The molecule has 0 bridgehead atoms. The number of anilines is 1. The van der Waals surface area contributed by atoms with Gasteiger partial charge in [-0.25, -0.2) is 4.68 Å². The lowest BCUT2D eigenvalue weighted by Crippen LogP contribution is -2.10. The second-order valence-electron chi connectivity index (χ2n) is 7.89. The smallest absolute Gasteiger partial charge is 0.339 e. The molecule has 0 aliphatic heterocycles. The van der Waals surface area contributed by atoms with Crippen molar-refractivity contribution in [2.24, 2.45) is 10.2 Å². The van der Waals surface area contributed by atoms with Crippen LogP contribution in [0.2, 0.25) is 0 Å². The molecule has 0 fully saturated rings. The Labute approximate surface area is 223 Å². The number of hydrogen-bond donors (Lipinski definition) is 3. The summed E-state index contributed by atoms with van der Waals surface area (Å²) in [7, 11) is -13.5. The van der Waals surface area contributed by atoms with E-state index in [0.29, 0.717) is 5.69 Å². The van der Waals surface area contributed by atoms with Crippen LogP contribution in [0.4, 0.5) is 17.2 Å². The molecule has 4 rings (SSSR count). The highest BCUT2D eigenvalue weighted by atomic mass is 32.2. The van der Waals surface area contributed by atoms with Crippen LogP contribution in [0.5, 0.6) is 5.75 Å². The van der Waals surface area contributed by atoms with Crippen LogP contribution >= 0.6 is 0 Å². The van der Waals surface area contributed by atoms with Crippen molar-refractivity contribution in [2.45, 2.75) is 21.6 Å². The summed E-state index contributed by atoms with van der Waals surface area (Å²) in [5.74, 6) is -0.347. The van der Waals surface area contributed by atoms with Crippen LogP contribution < -0.4 is 9.92 Å². The van der Waals surface area contributed by atoms with E-state index in [0.717, 1.165) is 18.2 Å². The highest BCUT2D eigenvalue weighted by Gasteiger charge is 2.20. The molecule has 204 valence electrons. The molecular weight excluding hydrogens is 574 g/mol. The number of aryl methyl sites for hydroxylation is 1. The molecule has 17 heteroatoms. The Hall–Kier alpha value is -4.16. The van der Waals surface area contributed by atoms with Gasteiger partial charge in [0, 0.05) is 6.07 Å². The van der Waals surface area contributed by atoms with Gasteiger partial charge in [-0.3, -0.25) is 9.11 Å². The van der Waals surface area contributed by atoms with Crippen molar-refractivity contribution in [3.8, 4) is 11.4 Å². The minimum absolute atomic E-state index is 0.00503. The second kappa shape index (κ2) is 10.2. The fraction of sp³-hybridized carbons (Fsp3) is 0.0455. The van der Waals surface area contributed by atoms with Gasteiger partial charge in [0.1, 0.15) is 10.6 Å². The van der Waals surface area contributed by atoms with Crippen molar-refractivity contribution in [3.05, 3.63) is 78.5 Å². The summed E-state index contributed by atoms with van der Waals surface area (Å²) in [5, 5.41) is 12.3. The Kier molecular flexibility index (Phi) is 7.28. The zero-order valence-electron chi connectivity index (χ0n) is 19.8. The van der Waals surface area contributed by atoms with Crippen molar-refractivity contribution in [2.75, 3.05) is 5.73 Å². The molecule has 0 saturated carbocycles. The Morgan fingerprint density at radius 2 is 1.38 bits per heavy atom. The molecule has 0 atom stereocenters. The molecule has 0 radical (unpaired) electrons. The second-order valence-corrected chi connectivity index (χ2v) is 12.3. The normalized spacial score (nSPS) is 12.6. The number of nitrogen functional groups attached to an aromatic ring is 1. The summed E-state index contributed by atoms with van der Waals surface area (Å²) in [6, 6.07) is 14.8. The van der Waals surface area contributed by atoms with Gasteiger partial charge < -0.3 is 9.92 Å². The molecule has 1 aromatic heterocycles. The zero-order valence-corrected chi connectivity index (χ0v) is 22.2. The van der Waals surface area contributed by atoms with Crippen LogP contribution in [0.3, 0.4) is 0 Å². The van der Waals surface area contributed by atoms with Gasteiger partial charge in [0.2, 0.25) is 0 Å². The van der Waals surface area contributed by atoms with Gasteiger partial charge in [-0.15, -0.1) is 5.11 Å². The van der Waals surface area contributed by atoms with Crippen molar-refractivity contribution >= 4 is 47.5 Å². The molecule has 14 nitrogen and oxygen atoms in total. The Balaban J connectivity index is 1.62. The highest BCUT2D eigenvalue weighted by Crippen LogP contribution is 2.32. The number of aromatic nitrogens is 2. The maximum atomic E-state index is 12.8. The monoisotopic (exact) mass is 593 g/mol. The van der Waals surface area contributed by atoms with Crippen molar-refractivity contribution in [1.29, 1.82) is 0 Å². The van der Waals surface area contributed by atoms with Crippen LogP contribution in [0, 0.1) is 6.92 Å². The fourth-order valence-corrected chi connectivity index (χ4v) is 5.30. The summed E-state index contributed by atoms with van der Waals surface area (Å²) in [5.41, 5.74) is 6.91. The zero-order chi connectivity index (χ0) is 28.6. The first-order valence-electron chi connectivity index (χ1n) is 10.6. The lowest BCUT2D eigenvalue weighted by Gasteiger charge is -2.08. The first-order valence-corrected chi connectivity index (χ1v) is 14.9. The van der Waals surface area contributed by atoms with E-state index in [2.05, 4.69) is 15.3 Å². The minimum Gasteiger partial charge on any atom is -0.382 e. The van der Waals surface area contributed by atoms with Gasteiger partial charge in [0.05, 0.1) is 26.9 Å². The van der Waals surface area contributed by atoms with E-state index in [-0.39, 0.29) is 38.4 Å². The van der Waals surface area contributed by atoms with Crippen LogP contribution in [-0.2, 0) is 30.4 Å². The number of rotatable bonds is 8. The quantitative estimate of drug-likeness (QED) is 0.152. The minimum atomic E-state index is -4.58. The summed E-state index contributed by atoms with van der Waals surface area (Å²) in [4.78, 5) is -1.23. The van der Waals surface area contributed by atoms with E-state index in [1.54, 1.807) is 6.92 Å². The molecule has 4 aromatic rings. The molecule has 0 aliphatic carbocycles. The Morgan fingerprint density at radius 3 is 2.05 bits per heavy atom. The first kappa shape index (κ1) is 27.9. The average molecular weight is 594 g/mol. The SMILES string of the molecule is Cc1nn(-c2cccc(S(=O)(=O)O)c2)c(N)c1N=Nc1cccc(S(=O)(=O)Oc2cccc(S(=O)(=O)O)c2)c1. The Bertz CT molecular complexity index is 1940. The molecule has 0 saturated heterocycles. The van der Waals surface area contributed by atoms with E-state index in [4.69, 9.17) is 14.5 Å². The van der Waals surface area contributed by atoms with E-state index < -0.39 is 35.2 Å². The van der Waals surface area contributed by atoms with Gasteiger partial charge in [0.15, 0.2) is 11.5 Å². The van der Waals surface area contributed by atoms with Crippen molar-refractivity contribution in [3.63, 3.8) is 0 Å². The molecule has 3 aromatic carbocycles. The fourth-order valence-electron chi connectivity index (χ4n) is 3.30. The lowest BCUT2D eigenvalue weighted by molar-refractivity contribution is 0.475.